The lowest BCUT2D eigenvalue weighted by molar-refractivity contribution is -0.122. The summed E-state index contributed by atoms with van der Waals surface area (Å²) in [6.45, 7) is 2.55. The molecule has 2 saturated heterocycles. The van der Waals surface area contributed by atoms with Crippen LogP contribution in [0.3, 0.4) is 0 Å². The monoisotopic (exact) mass is 338 g/mol. The second-order valence-corrected chi connectivity index (χ2v) is 6.73. The minimum atomic E-state index is -0.0180. The maximum absolute atomic E-state index is 12.1. The highest BCUT2D eigenvalue weighted by molar-refractivity contribution is 5.85. The first kappa shape index (κ1) is 18.1. The Morgan fingerprint density at radius 1 is 1.26 bits per heavy atom. The Balaban J connectivity index is 0.00000192. The van der Waals surface area contributed by atoms with E-state index in [0.717, 1.165) is 18.6 Å². The predicted octanol–water partition coefficient (Wildman–Crippen LogP) is 2.91. The number of nitrogens with one attached hydrogen (secondary N) is 2. The molecule has 2 N–H and O–H groups in total. The average Bonchev–Trinajstić information content (AvgIpc) is 2.85. The Hall–Kier alpha value is -1.26. The van der Waals surface area contributed by atoms with Gasteiger partial charge in [-0.25, -0.2) is 0 Å². The van der Waals surface area contributed by atoms with Gasteiger partial charge in [0.2, 0.25) is 5.91 Å². The van der Waals surface area contributed by atoms with Crippen LogP contribution in [0.15, 0.2) is 30.3 Å². The fourth-order valence-corrected chi connectivity index (χ4v) is 3.71. The Kier molecular flexibility index (Phi) is 6.72. The van der Waals surface area contributed by atoms with Gasteiger partial charge in [-0.05, 0) is 50.7 Å². The number of amides is 1. The first-order valence-electron chi connectivity index (χ1n) is 8.43. The first-order chi connectivity index (χ1) is 10.7. The van der Waals surface area contributed by atoms with Crippen molar-refractivity contribution in [1.82, 2.24) is 10.6 Å². The summed E-state index contributed by atoms with van der Waals surface area (Å²) in [5.41, 5.74) is 0. The third kappa shape index (κ3) is 5.40. The van der Waals surface area contributed by atoms with Gasteiger partial charge in [-0.1, -0.05) is 18.2 Å². The minimum absolute atomic E-state index is 0. The van der Waals surface area contributed by atoms with E-state index in [-0.39, 0.29) is 24.4 Å². The lowest BCUT2D eigenvalue weighted by Crippen LogP contribution is -2.40. The number of halogens is 1. The molecule has 2 heterocycles. The molecular formula is C18H27ClN2O2. The molecule has 1 aromatic rings. The summed E-state index contributed by atoms with van der Waals surface area (Å²) in [5, 5.41) is 6.64. The van der Waals surface area contributed by atoms with Gasteiger partial charge in [0.05, 0.1) is 6.54 Å². The molecule has 0 spiro atoms. The van der Waals surface area contributed by atoms with Crippen LogP contribution in [0.25, 0.3) is 0 Å². The van der Waals surface area contributed by atoms with E-state index in [1.54, 1.807) is 0 Å². The molecule has 2 bridgehead atoms. The smallest absolute Gasteiger partial charge is 0.220 e. The molecule has 3 rings (SSSR count). The molecule has 1 aromatic carbocycles. The molecule has 3 atom stereocenters. The number of para-hydroxylation sites is 1. The van der Waals surface area contributed by atoms with E-state index in [1.807, 2.05) is 37.3 Å². The Bertz CT molecular complexity index is 485. The molecular weight excluding hydrogens is 312 g/mol. The summed E-state index contributed by atoms with van der Waals surface area (Å²) in [7, 11) is 0. The summed E-state index contributed by atoms with van der Waals surface area (Å²) < 4.78 is 5.77. The Labute approximate surface area is 144 Å². The summed E-state index contributed by atoms with van der Waals surface area (Å²) in [5.74, 6) is 1.55. The number of hydrogen-bond donors (Lipinski definition) is 2. The zero-order valence-electron chi connectivity index (χ0n) is 13.7. The van der Waals surface area contributed by atoms with Crippen molar-refractivity contribution < 1.29 is 9.53 Å². The van der Waals surface area contributed by atoms with Crippen LogP contribution in [0.1, 0.15) is 39.0 Å². The maximum Gasteiger partial charge on any atom is 0.220 e. The number of fused-ring (bicyclic) bond motifs is 2. The molecule has 0 saturated carbocycles. The number of piperidine rings is 1. The molecule has 0 aliphatic carbocycles. The number of ether oxygens (including phenoxy) is 1. The van der Waals surface area contributed by atoms with Crippen molar-refractivity contribution in [1.29, 1.82) is 0 Å². The van der Waals surface area contributed by atoms with Crippen molar-refractivity contribution in [3.8, 4) is 5.75 Å². The highest BCUT2D eigenvalue weighted by Crippen LogP contribution is 2.32. The van der Waals surface area contributed by atoms with Crippen molar-refractivity contribution in [3.05, 3.63) is 30.3 Å². The van der Waals surface area contributed by atoms with Crippen molar-refractivity contribution in [2.75, 3.05) is 6.54 Å². The molecule has 4 nitrogen and oxygen atoms in total. The van der Waals surface area contributed by atoms with Gasteiger partial charge in [-0.3, -0.25) is 4.79 Å². The SMILES string of the molecule is CC(CNC(=O)CC1CC2CCC(C1)N2)Oc1ccccc1.Cl. The van der Waals surface area contributed by atoms with E-state index in [4.69, 9.17) is 4.74 Å². The summed E-state index contributed by atoms with van der Waals surface area (Å²) >= 11 is 0. The minimum Gasteiger partial charge on any atom is -0.489 e. The Morgan fingerprint density at radius 3 is 2.57 bits per heavy atom. The normalized spacial score (nSPS) is 26.9. The quantitative estimate of drug-likeness (QED) is 0.838. The molecule has 1 amide bonds. The highest BCUT2D eigenvalue weighted by atomic mass is 35.5. The molecule has 3 unspecified atom stereocenters. The van der Waals surface area contributed by atoms with E-state index >= 15 is 0 Å². The number of carbonyl (C=O) groups excluding carboxylic acids is 1. The van der Waals surface area contributed by atoms with Crippen LogP contribution in [0.2, 0.25) is 0 Å². The van der Waals surface area contributed by atoms with E-state index in [2.05, 4.69) is 10.6 Å². The average molecular weight is 339 g/mol. The van der Waals surface area contributed by atoms with Gasteiger partial charge in [-0.15, -0.1) is 12.4 Å². The number of benzene rings is 1. The molecule has 23 heavy (non-hydrogen) atoms. The molecule has 2 aliphatic heterocycles. The second kappa shape index (κ2) is 8.55. The summed E-state index contributed by atoms with van der Waals surface area (Å²) in [6.07, 6.45) is 5.51. The predicted molar refractivity (Wildman–Crippen MR) is 94.1 cm³/mol. The van der Waals surface area contributed by atoms with Crippen LogP contribution in [-0.4, -0.2) is 30.6 Å². The van der Waals surface area contributed by atoms with Gasteiger partial charge in [0.1, 0.15) is 11.9 Å². The van der Waals surface area contributed by atoms with E-state index in [0.29, 0.717) is 31.0 Å². The topological polar surface area (TPSA) is 50.4 Å². The number of carbonyl (C=O) groups is 1. The zero-order valence-corrected chi connectivity index (χ0v) is 14.5. The lowest BCUT2D eigenvalue weighted by Gasteiger charge is -2.28. The van der Waals surface area contributed by atoms with Gasteiger partial charge < -0.3 is 15.4 Å². The van der Waals surface area contributed by atoms with Crippen molar-refractivity contribution >= 4 is 18.3 Å². The molecule has 2 aliphatic rings. The molecule has 0 radical (unpaired) electrons. The van der Waals surface area contributed by atoms with Gasteiger partial charge in [0, 0.05) is 18.5 Å². The zero-order chi connectivity index (χ0) is 15.4. The third-order valence-electron chi connectivity index (χ3n) is 4.71. The van der Waals surface area contributed by atoms with Crippen LogP contribution >= 0.6 is 12.4 Å². The van der Waals surface area contributed by atoms with E-state index in [9.17, 15) is 4.79 Å². The van der Waals surface area contributed by atoms with Crippen LogP contribution in [0, 0.1) is 5.92 Å². The fraction of sp³-hybridized carbons (Fsp3) is 0.611. The third-order valence-corrected chi connectivity index (χ3v) is 4.71. The van der Waals surface area contributed by atoms with Crippen LogP contribution in [-0.2, 0) is 4.79 Å². The van der Waals surface area contributed by atoms with Crippen LogP contribution in [0.5, 0.6) is 5.75 Å². The highest BCUT2D eigenvalue weighted by Gasteiger charge is 2.34. The van der Waals surface area contributed by atoms with Crippen molar-refractivity contribution in [2.45, 2.75) is 57.2 Å². The van der Waals surface area contributed by atoms with Crippen molar-refractivity contribution in [3.63, 3.8) is 0 Å². The molecule has 2 fully saturated rings. The van der Waals surface area contributed by atoms with Gasteiger partial charge >= 0.3 is 0 Å². The van der Waals surface area contributed by atoms with Gasteiger partial charge in [-0.2, -0.15) is 0 Å². The number of hydrogen-bond acceptors (Lipinski definition) is 3. The summed E-state index contributed by atoms with van der Waals surface area (Å²) in [6, 6.07) is 11.0. The maximum atomic E-state index is 12.1. The lowest BCUT2D eigenvalue weighted by atomic mass is 9.89. The second-order valence-electron chi connectivity index (χ2n) is 6.73. The van der Waals surface area contributed by atoms with Crippen LogP contribution in [0.4, 0.5) is 0 Å². The standard InChI is InChI=1S/C18H26N2O2.ClH/c1-13(22-17-5-3-2-4-6-17)12-19-18(21)11-14-9-15-7-8-16(10-14)20-15;/h2-6,13-16,20H,7-12H2,1H3,(H,19,21);1H. The van der Waals surface area contributed by atoms with Crippen LogP contribution < -0.4 is 15.4 Å². The first-order valence-corrected chi connectivity index (χ1v) is 8.43. The largest absolute Gasteiger partial charge is 0.489 e. The Morgan fingerprint density at radius 2 is 1.91 bits per heavy atom. The van der Waals surface area contributed by atoms with Gasteiger partial charge in [0.25, 0.3) is 0 Å². The molecule has 0 aromatic heterocycles. The summed E-state index contributed by atoms with van der Waals surface area (Å²) in [4.78, 5) is 12.1. The van der Waals surface area contributed by atoms with Gasteiger partial charge in [0.15, 0.2) is 0 Å². The molecule has 128 valence electrons. The number of rotatable bonds is 6. The molecule has 5 heteroatoms. The van der Waals surface area contributed by atoms with Crippen molar-refractivity contribution in [2.24, 2.45) is 5.92 Å². The fourth-order valence-electron chi connectivity index (χ4n) is 3.71. The van der Waals surface area contributed by atoms with E-state index in [1.165, 1.54) is 12.8 Å². The van der Waals surface area contributed by atoms with E-state index < -0.39 is 0 Å².